The molecule has 43 heavy (non-hydrogen) atoms. The third-order valence-corrected chi connectivity index (χ3v) is 8.86. The van der Waals surface area contributed by atoms with Crippen molar-refractivity contribution in [3.63, 3.8) is 0 Å². The van der Waals surface area contributed by atoms with Gasteiger partial charge in [0.15, 0.2) is 5.69 Å². The molecular formula is C30H35ClN8O3S. The van der Waals surface area contributed by atoms with Crippen LogP contribution in [-0.4, -0.2) is 62.8 Å². The van der Waals surface area contributed by atoms with Gasteiger partial charge in [-0.3, -0.25) is 23.6 Å². The minimum Gasteiger partial charge on any atom is -0.377 e. The van der Waals surface area contributed by atoms with E-state index in [2.05, 4.69) is 32.2 Å². The van der Waals surface area contributed by atoms with Crippen LogP contribution in [0.5, 0.6) is 0 Å². The monoisotopic (exact) mass is 622 g/mol. The second-order valence-corrected chi connectivity index (χ2v) is 12.2. The second kappa shape index (κ2) is 12.2. The molecule has 1 unspecified atom stereocenters. The number of pyridine rings is 1. The van der Waals surface area contributed by atoms with E-state index in [1.54, 1.807) is 30.0 Å². The van der Waals surface area contributed by atoms with Crippen LogP contribution in [0.4, 0.5) is 11.6 Å². The van der Waals surface area contributed by atoms with Crippen molar-refractivity contribution in [3.8, 4) is 0 Å². The predicted octanol–water partition coefficient (Wildman–Crippen LogP) is 4.62. The number of hydrogen-bond donors (Lipinski definition) is 2. The predicted molar refractivity (Wildman–Crippen MR) is 170 cm³/mol. The summed E-state index contributed by atoms with van der Waals surface area (Å²) in [5, 5.41) is 9.04. The molecule has 5 heterocycles. The smallest absolute Gasteiger partial charge is 0.281 e. The molecule has 0 aliphatic carbocycles. The van der Waals surface area contributed by atoms with Crippen LogP contribution >= 0.6 is 23.5 Å². The largest absolute Gasteiger partial charge is 0.377 e. The van der Waals surface area contributed by atoms with Gasteiger partial charge in [-0.2, -0.15) is 5.10 Å². The Hall–Kier alpha value is -3.61. The number of aromatic nitrogens is 5. The number of aryl methyl sites for hydroxylation is 1. The summed E-state index contributed by atoms with van der Waals surface area (Å²) in [6.45, 7) is 6.95. The summed E-state index contributed by atoms with van der Waals surface area (Å²) >= 11 is 7.31. The number of carbonyl (C=O) groups is 1. The van der Waals surface area contributed by atoms with E-state index in [1.165, 1.54) is 11.9 Å². The van der Waals surface area contributed by atoms with Crippen molar-refractivity contribution < 1.29 is 9.53 Å². The first-order valence-corrected chi connectivity index (χ1v) is 16.0. The van der Waals surface area contributed by atoms with E-state index in [1.807, 2.05) is 30.7 Å². The molecule has 0 spiro atoms. The number of nitrogens with zero attached hydrogens (tertiary/aromatic N) is 6. The maximum absolute atomic E-state index is 13.7. The van der Waals surface area contributed by atoms with Crippen LogP contribution in [0.2, 0.25) is 5.15 Å². The molecule has 1 amide bonds. The van der Waals surface area contributed by atoms with Gasteiger partial charge in [0, 0.05) is 44.1 Å². The molecule has 2 N–H and O–H groups in total. The van der Waals surface area contributed by atoms with Crippen molar-refractivity contribution >= 4 is 52.0 Å². The van der Waals surface area contributed by atoms with Gasteiger partial charge < -0.3 is 15.0 Å². The lowest BCUT2D eigenvalue weighted by atomic mass is 9.94. The number of benzene rings is 1. The fourth-order valence-corrected chi connectivity index (χ4v) is 6.29. The van der Waals surface area contributed by atoms with Crippen LogP contribution in [0.1, 0.15) is 65.1 Å². The Morgan fingerprint density at radius 2 is 1.93 bits per heavy atom. The van der Waals surface area contributed by atoms with Gasteiger partial charge in [0.05, 0.1) is 47.6 Å². The number of amides is 1. The third kappa shape index (κ3) is 5.83. The molecule has 226 valence electrons. The summed E-state index contributed by atoms with van der Waals surface area (Å²) in [5.74, 6) is 0.669. The molecule has 3 aromatic heterocycles. The number of carbonyl (C=O) groups excluding carboxylic acids is 1. The zero-order chi connectivity index (χ0) is 30.2. The number of ether oxygens (including phenoxy) is 1. The highest BCUT2D eigenvalue weighted by molar-refractivity contribution is 7.97. The Balaban J connectivity index is 1.28. The fourth-order valence-electron chi connectivity index (χ4n) is 5.86. The van der Waals surface area contributed by atoms with Crippen LogP contribution in [-0.2, 0) is 11.8 Å². The topological polar surface area (TPSA) is 119 Å². The normalized spacial score (nSPS) is 16.7. The third-order valence-electron chi connectivity index (χ3n) is 8.26. The lowest BCUT2D eigenvalue weighted by molar-refractivity contribution is -0.0288. The Labute approximate surface area is 259 Å². The van der Waals surface area contributed by atoms with Crippen molar-refractivity contribution in [3.05, 3.63) is 74.6 Å². The number of hydrogen-bond acceptors (Lipinski definition) is 9. The molecule has 6 rings (SSSR count). The number of anilines is 2. The molecule has 2 fully saturated rings. The molecule has 2 aliphatic heterocycles. The van der Waals surface area contributed by atoms with E-state index >= 15 is 0 Å². The summed E-state index contributed by atoms with van der Waals surface area (Å²) in [6.07, 6.45) is 5.67. The van der Waals surface area contributed by atoms with Gasteiger partial charge >= 0.3 is 0 Å². The first-order chi connectivity index (χ1) is 20.7. The van der Waals surface area contributed by atoms with Gasteiger partial charge in [0.2, 0.25) is 5.95 Å². The van der Waals surface area contributed by atoms with E-state index in [9.17, 15) is 9.59 Å². The van der Waals surface area contributed by atoms with Crippen LogP contribution in [0, 0.1) is 6.92 Å². The van der Waals surface area contributed by atoms with Gasteiger partial charge in [0.1, 0.15) is 5.15 Å². The summed E-state index contributed by atoms with van der Waals surface area (Å²) in [6, 6.07) is 9.49. The first kappa shape index (κ1) is 29.5. The van der Waals surface area contributed by atoms with E-state index in [0.717, 1.165) is 56.0 Å². The van der Waals surface area contributed by atoms with Gasteiger partial charge in [0.25, 0.3) is 11.5 Å². The molecule has 1 aromatic carbocycles. The molecule has 2 saturated heterocycles. The number of piperidine rings is 1. The Kier molecular flexibility index (Phi) is 8.34. The molecule has 0 saturated carbocycles. The van der Waals surface area contributed by atoms with Crippen molar-refractivity contribution in [2.75, 3.05) is 42.8 Å². The van der Waals surface area contributed by atoms with Gasteiger partial charge in [-0.1, -0.05) is 29.6 Å². The van der Waals surface area contributed by atoms with E-state index in [-0.39, 0.29) is 28.4 Å². The summed E-state index contributed by atoms with van der Waals surface area (Å²) in [7, 11) is 1.79. The zero-order valence-corrected chi connectivity index (χ0v) is 26.2. The molecule has 2 aliphatic rings. The van der Waals surface area contributed by atoms with Crippen molar-refractivity contribution in [1.29, 1.82) is 0 Å². The maximum atomic E-state index is 13.7. The average molecular weight is 623 g/mol. The first-order valence-electron chi connectivity index (χ1n) is 14.4. The van der Waals surface area contributed by atoms with Gasteiger partial charge in [-0.05, 0) is 56.5 Å². The zero-order valence-electron chi connectivity index (χ0n) is 24.6. The van der Waals surface area contributed by atoms with E-state index in [0.29, 0.717) is 34.5 Å². The molecule has 4 aromatic rings. The molecule has 11 nitrogen and oxygen atoms in total. The highest BCUT2D eigenvalue weighted by Gasteiger charge is 2.28. The van der Waals surface area contributed by atoms with Gasteiger partial charge in [-0.25, -0.2) is 9.97 Å². The van der Waals surface area contributed by atoms with Crippen molar-refractivity contribution in [2.45, 2.75) is 44.7 Å². The lowest BCUT2D eigenvalue weighted by Gasteiger charge is -2.33. The highest BCUT2D eigenvalue weighted by Crippen LogP contribution is 2.32. The molecule has 0 bridgehead atoms. The van der Waals surface area contributed by atoms with Crippen LogP contribution in [0.15, 0.2) is 41.3 Å². The fraction of sp³-hybridized carbons (Fsp3) is 0.433. The number of halogens is 1. The number of nitrogens with one attached hydrogen (secondary N) is 2. The van der Waals surface area contributed by atoms with Crippen LogP contribution in [0.25, 0.3) is 10.9 Å². The Bertz CT molecular complexity index is 1730. The quantitative estimate of drug-likeness (QED) is 0.214. The molecular weight excluding hydrogens is 588 g/mol. The standard InChI is InChI=1S/C30H35ClN8O3S/c1-17-13-21(18(2)32-24-5-6-25(31)33-27(24)28(40)36-43-4)26-22(14-17)29(41)37(3)30(34-26)38-10-7-19(8-11-38)23-9-12-39(35-23)20-15-42-16-20/h5-6,9,12-14,18-20,32H,7-8,10-11,15-16H2,1-4H3,(H,36,40). The Morgan fingerprint density at radius 1 is 1.16 bits per heavy atom. The molecule has 1 atom stereocenters. The summed E-state index contributed by atoms with van der Waals surface area (Å²) in [5.41, 5.74) is 4.22. The second-order valence-electron chi connectivity index (χ2n) is 11.2. The van der Waals surface area contributed by atoms with Crippen molar-refractivity contribution in [1.82, 2.24) is 29.0 Å². The minimum absolute atomic E-state index is 0.0890. The van der Waals surface area contributed by atoms with Crippen molar-refractivity contribution in [2.24, 2.45) is 7.05 Å². The molecule has 13 heteroatoms. The number of fused-ring (bicyclic) bond motifs is 1. The number of rotatable bonds is 8. The van der Waals surface area contributed by atoms with Crippen LogP contribution < -0.4 is 20.5 Å². The maximum Gasteiger partial charge on any atom is 0.281 e. The van der Waals surface area contributed by atoms with Crippen LogP contribution in [0.3, 0.4) is 0 Å². The lowest BCUT2D eigenvalue weighted by Crippen LogP contribution is -2.38. The average Bonchev–Trinajstić information content (AvgIpc) is 3.44. The highest BCUT2D eigenvalue weighted by atomic mass is 35.5. The van der Waals surface area contributed by atoms with E-state index in [4.69, 9.17) is 26.4 Å². The Morgan fingerprint density at radius 3 is 2.63 bits per heavy atom. The summed E-state index contributed by atoms with van der Waals surface area (Å²) < 4.78 is 11.7. The van der Waals surface area contributed by atoms with E-state index < -0.39 is 0 Å². The molecule has 0 radical (unpaired) electrons. The summed E-state index contributed by atoms with van der Waals surface area (Å²) in [4.78, 5) is 37.9. The minimum atomic E-state index is -0.347. The SMILES string of the molecule is CSNC(=O)c1nc(Cl)ccc1NC(C)c1cc(C)cc2c(=O)n(C)c(N3CCC(c4ccn(C5COC5)n4)CC3)nc12. The van der Waals surface area contributed by atoms with Gasteiger partial charge in [-0.15, -0.1) is 0 Å².